The molecule has 7 heteroatoms. The van der Waals surface area contributed by atoms with Crippen molar-refractivity contribution in [1.29, 1.82) is 0 Å². The second-order valence-electron chi connectivity index (χ2n) is 5.95. The summed E-state index contributed by atoms with van der Waals surface area (Å²) in [6.45, 7) is 4.75. The summed E-state index contributed by atoms with van der Waals surface area (Å²) >= 11 is 6.28. The molecule has 0 fully saturated rings. The number of benzene rings is 1. The Bertz CT molecular complexity index is 733. The van der Waals surface area contributed by atoms with Gasteiger partial charge in [-0.3, -0.25) is 4.79 Å². The Morgan fingerprint density at radius 2 is 2.12 bits per heavy atom. The Kier molecular flexibility index (Phi) is 6.47. The number of methoxy groups -OCH3 is 1. The molecule has 0 unspecified atom stereocenters. The third-order valence-electron chi connectivity index (χ3n) is 3.48. The van der Waals surface area contributed by atoms with E-state index in [0.717, 1.165) is 6.42 Å². The Morgan fingerprint density at radius 1 is 1.36 bits per heavy atom. The molecule has 0 spiro atoms. The highest BCUT2D eigenvalue weighted by Crippen LogP contribution is 2.36. The Hall–Kier alpha value is -2.47. The van der Waals surface area contributed by atoms with Crippen molar-refractivity contribution >= 4 is 29.0 Å². The first-order valence-corrected chi connectivity index (χ1v) is 8.31. The van der Waals surface area contributed by atoms with Gasteiger partial charge in [0.25, 0.3) is 5.91 Å². The molecule has 3 N–H and O–H groups in total. The number of hydrogen-bond donors (Lipinski definition) is 2. The number of aromatic nitrogens is 1. The molecule has 0 aliphatic carbocycles. The molecule has 1 aromatic heterocycles. The summed E-state index contributed by atoms with van der Waals surface area (Å²) in [6.07, 6.45) is 2.38. The van der Waals surface area contributed by atoms with Gasteiger partial charge in [0.05, 0.1) is 30.6 Å². The van der Waals surface area contributed by atoms with Crippen LogP contribution in [-0.2, 0) is 0 Å². The molecule has 0 saturated heterocycles. The van der Waals surface area contributed by atoms with Crippen LogP contribution >= 0.6 is 11.6 Å². The first kappa shape index (κ1) is 18.9. The number of nitrogens with two attached hydrogens (primary N) is 1. The van der Waals surface area contributed by atoms with Crippen molar-refractivity contribution < 1.29 is 14.3 Å². The van der Waals surface area contributed by atoms with Crippen LogP contribution in [0.5, 0.6) is 11.5 Å². The highest BCUT2D eigenvalue weighted by molar-refractivity contribution is 6.32. The fourth-order valence-corrected chi connectivity index (χ4v) is 2.34. The zero-order valence-corrected chi connectivity index (χ0v) is 15.3. The van der Waals surface area contributed by atoms with Gasteiger partial charge < -0.3 is 20.5 Å². The van der Waals surface area contributed by atoms with E-state index in [2.05, 4.69) is 24.1 Å². The van der Waals surface area contributed by atoms with Crippen LogP contribution in [0.15, 0.2) is 30.5 Å². The third kappa shape index (κ3) is 5.26. The average Bonchev–Trinajstić information content (AvgIpc) is 2.57. The number of ether oxygens (including phenoxy) is 2. The number of rotatable bonds is 7. The second-order valence-corrected chi connectivity index (χ2v) is 6.35. The van der Waals surface area contributed by atoms with Gasteiger partial charge in [0.2, 0.25) is 0 Å². The van der Waals surface area contributed by atoms with Crippen LogP contribution in [0.2, 0.25) is 5.02 Å². The fraction of sp³-hybridized carbons (Fsp3) is 0.333. The first-order valence-electron chi connectivity index (χ1n) is 7.94. The van der Waals surface area contributed by atoms with Crippen LogP contribution in [0.1, 0.15) is 30.6 Å². The van der Waals surface area contributed by atoms with Gasteiger partial charge in [0.15, 0.2) is 11.5 Å². The number of carbonyl (C=O) groups excluding carboxylic acids is 1. The molecule has 0 aliphatic heterocycles. The zero-order chi connectivity index (χ0) is 18.4. The molecule has 1 amide bonds. The van der Waals surface area contributed by atoms with E-state index in [9.17, 15) is 4.79 Å². The maximum Gasteiger partial charge on any atom is 0.255 e. The number of anilines is 2. The molecule has 25 heavy (non-hydrogen) atoms. The van der Waals surface area contributed by atoms with Gasteiger partial charge in [-0.1, -0.05) is 25.4 Å². The molecule has 2 aromatic rings. The van der Waals surface area contributed by atoms with Crippen LogP contribution in [0.25, 0.3) is 0 Å². The summed E-state index contributed by atoms with van der Waals surface area (Å²) in [5.41, 5.74) is 6.42. The number of carbonyl (C=O) groups is 1. The van der Waals surface area contributed by atoms with Crippen molar-refractivity contribution in [3.8, 4) is 11.5 Å². The number of nitrogen functional groups attached to an aromatic ring is 1. The minimum absolute atomic E-state index is 0.323. The molecule has 0 aliphatic rings. The predicted molar refractivity (Wildman–Crippen MR) is 99.6 cm³/mol. The van der Waals surface area contributed by atoms with Crippen molar-refractivity contribution in [3.63, 3.8) is 0 Å². The summed E-state index contributed by atoms with van der Waals surface area (Å²) in [4.78, 5) is 16.3. The van der Waals surface area contributed by atoms with Crippen molar-refractivity contribution in [2.75, 3.05) is 24.8 Å². The molecule has 0 atom stereocenters. The van der Waals surface area contributed by atoms with E-state index in [4.69, 9.17) is 26.8 Å². The lowest BCUT2D eigenvalue weighted by Gasteiger charge is -2.15. The molecule has 0 radical (unpaired) electrons. The molecule has 134 valence electrons. The Morgan fingerprint density at radius 3 is 2.72 bits per heavy atom. The van der Waals surface area contributed by atoms with E-state index in [1.165, 1.54) is 13.3 Å². The molecule has 1 aromatic carbocycles. The number of amides is 1. The van der Waals surface area contributed by atoms with Crippen LogP contribution in [0, 0.1) is 5.92 Å². The van der Waals surface area contributed by atoms with E-state index in [1.54, 1.807) is 24.3 Å². The third-order valence-corrected chi connectivity index (χ3v) is 3.76. The standard InChI is InChI=1S/C18H22ClN3O3/c1-11(2)6-7-25-17-14(19)8-12(9-15(17)24-3)18(23)22-13-4-5-16(20)21-10-13/h4-5,8-11H,6-7H2,1-3H3,(H2,20,21)(H,22,23). The second kappa shape index (κ2) is 8.58. The van der Waals surface area contributed by atoms with Gasteiger partial charge in [-0.05, 0) is 36.6 Å². The maximum atomic E-state index is 12.4. The number of hydrogen-bond acceptors (Lipinski definition) is 5. The van der Waals surface area contributed by atoms with E-state index in [1.807, 2.05) is 0 Å². The molecule has 1 heterocycles. The lowest BCUT2D eigenvalue weighted by Crippen LogP contribution is -2.13. The number of nitrogens with one attached hydrogen (secondary N) is 1. The summed E-state index contributed by atoms with van der Waals surface area (Å²) in [6, 6.07) is 6.42. The number of pyridine rings is 1. The van der Waals surface area contributed by atoms with Gasteiger partial charge in [0, 0.05) is 5.56 Å². The zero-order valence-electron chi connectivity index (χ0n) is 14.5. The topological polar surface area (TPSA) is 86.5 Å². The maximum absolute atomic E-state index is 12.4. The van der Waals surface area contributed by atoms with Crippen molar-refractivity contribution in [2.45, 2.75) is 20.3 Å². The molecule has 2 rings (SSSR count). The predicted octanol–water partition coefficient (Wildman–Crippen LogP) is 4.00. The fourth-order valence-electron chi connectivity index (χ4n) is 2.07. The summed E-state index contributed by atoms with van der Waals surface area (Å²) in [7, 11) is 1.51. The van der Waals surface area contributed by atoms with Crippen LogP contribution in [-0.4, -0.2) is 24.6 Å². The van der Waals surface area contributed by atoms with E-state index < -0.39 is 0 Å². The monoisotopic (exact) mass is 363 g/mol. The highest BCUT2D eigenvalue weighted by atomic mass is 35.5. The summed E-state index contributed by atoms with van der Waals surface area (Å²) in [5, 5.41) is 3.05. The van der Waals surface area contributed by atoms with Gasteiger partial charge in [-0.15, -0.1) is 0 Å². The lowest BCUT2D eigenvalue weighted by atomic mass is 10.1. The van der Waals surface area contributed by atoms with Crippen molar-refractivity contribution in [2.24, 2.45) is 5.92 Å². The molecule has 0 saturated carbocycles. The quantitative estimate of drug-likeness (QED) is 0.776. The summed E-state index contributed by atoms with van der Waals surface area (Å²) in [5.74, 6) is 1.42. The Labute approximate surface area is 152 Å². The van der Waals surface area contributed by atoms with E-state index in [0.29, 0.717) is 46.1 Å². The number of nitrogens with zero attached hydrogens (tertiary/aromatic N) is 1. The first-order chi connectivity index (χ1) is 11.9. The summed E-state index contributed by atoms with van der Waals surface area (Å²) < 4.78 is 11.0. The number of halogens is 1. The largest absolute Gasteiger partial charge is 0.493 e. The van der Waals surface area contributed by atoms with Gasteiger partial charge in [0.1, 0.15) is 5.82 Å². The van der Waals surface area contributed by atoms with Crippen LogP contribution in [0.4, 0.5) is 11.5 Å². The van der Waals surface area contributed by atoms with Gasteiger partial charge in [-0.2, -0.15) is 0 Å². The van der Waals surface area contributed by atoms with E-state index >= 15 is 0 Å². The Balaban J connectivity index is 2.16. The van der Waals surface area contributed by atoms with Crippen molar-refractivity contribution in [3.05, 3.63) is 41.0 Å². The van der Waals surface area contributed by atoms with E-state index in [-0.39, 0.29) is 5.91 Å². The van der Waals surface area contributed by atoms with Gasteiger partial charge in [-0.25, -0.2) is 4.98 Å². The molecule has 0 bridgehead atoms. The molecular formula is C18H22ClN3O3. The SMILES string of the molecule is COc1cc(C(=O)Nc2ccc(N)nc2)cc(Cl)c1OCCC(C)C. The minimum Gasteiger partial charge on any atom is -0.493 e. The highest BCUT2D eigenvalue weighted by Gasteiger charge is 2.16. The lowest BCUT2D eigenvalue weighted by molar-refractivity contribution is 0.102. The molecule has 6 nitrogen and oxygen atoms in total. The van der Waals surface area contributed by atoms with Crippen molar-refractivity contribution in [1.82, 2.24) is 4.98 Å². The minimum atomic E-state index is -0.333. The average molecular weight is 364 g/mol. The normalized spacial score (nSPS) is 10.6. The van der Waals surface area contributed by atoms with Gasteiger partial charge >= 0.3 is 0 Å². The smallest absolute Gasteiger partial charge is 0.255 e. The van der Waals surface area contributed by atoms with Crippen LogP contribution < -0.4 is 20.5 Å². The van der Waals surface area contributed by atoms with Crippen LogP contribution in [0.3, 0.4) is 0 Å². The molecular weight excluding hydrogens is 342 g/mol.